The number of hydrogen-bond donors (Lipinski definition) is 1. The molecule has 0 spiro atoms. The molecule has 0 bridgehead atoms. The maximum Gasteiger partial charge on any atom is 0.254 e. The minimum absolute atomic E-state index is 0.105. The number of nitrogens with one attached hydrogen (secondary N) is 1. The topological polar surface area (TPSA) is 39.3 Å². The first-order valence-electron chi connectivity index (χ1n) is 12.9. The summed E-state index contributed by atoms with van der Waals surface area (Å²) in [5.41, 5.74) is 4.39. The molecule has 1 N–H and O–H groups in total. The summed E-state index contributed by atoms with van der Waals surface area (Å²) in [6, 6.07) is 20.7. The maximum absolute atomic E-state index is 14.3. The van der Waals surface area contributed by atoms with Gasteiger partial charge in [0.15, 0.2) is 0 Å². The van der Waals surface area contributed by atoms with Crippen molar-refractivity contribution >= 4 is 16.8 Å². The third kappa shape index (κ3) is 4.55. The maximum atomic E-state index is 14.3. The third-order valence-corrected chi connectivity index (χ3v) is 8.15. The lowest BCUT2D eigenvalue weighted by molar-refractivity contribution is 0.0592. The van der Waals surface area contributed by atoms with E-state index in [1.54, 1.807) is 24.3 Å². The fraction of sp³-hybridized carbons (Fsp3) is 0.323. The molecule has 6 heteroatoms. The number of para-hydroxylation sites is 1. The molecule has 1 aliphatic heterocycles. The Morgan fingerprint density at radius 2 is 1.78 bits per heavy atom. The average molecular weight is 502 g/mol. The lowest BCUT2D eigenvalue weighted by atomic mass is 9.79. The summed E-state index contributed by atoms with van der Waals surface area (Å²) in [7, 11) is 4.07. The van der Waals surface area contributed by atoms with Crippen molar-refractivity contribution in [3.05, 3.63) is 107 Å². The van der Waals surface area contributed by atoms with Gasteiger partial charge in [-0.25, -0.2) is 8.78 Å². The fourth-order valence-corrected chi connectivity index (χ4v) is 6.10. The molecule has 5 rings (SSSR count). The molecule has 0 aliphatic carbocycles. The molecule has 0 saturated carbocycles. The third-order valence-electron chi connectivity index (χ3n) is 8.15. The first kappa shape index (κ1) is 25.2. The van der Waals surface area contributed by atoms with E-state index in [0.717, 1.165) is 36.0 Å². The highest BCUT2D eigenvalue weighted by atomic mass is 19.1. The number of hydrogen-bond acceptors (Lipinski definition) is 2. The SMILES string of the molecule is CCC(CCC1c2[nH]c3ccccc3c2CCN1C(=O)c1ccc(F)cc1)(c1cccc(F)c1)N(C)C. The fourth-order valence-electron chi connectivity index (χ4n) is 6.10. The first-order valence-corrected chi connectivity index (χ1v) is 12.9. The Labute approximate surface area is 216 Å². The van der Waals surface area contributed by atoms with Gasteiger partial charge in [-0.2, -0.15) is 0 Å². The molecule has 0 fully saturated rings. The van der Waals surface area contributed by atoms with E-state index in [2.05, 4.69) is 28.9 Å². The van der Waals surface area contributed by atoms with E-state index in [4.69, 9.17) is 0 Å². The van der Waals surface area contributed by atoms with Crippen LogP contribution in [0.25, 0.3) is 10.9 Å². The molecule has 2 heterocycles. The molecule has 0 saturated heterocycles. The monoisotopic (exact) mass is 501 g/mol. The predicted octanol–water partition coefficient (Wildman–Crippen LogP) is 6.83. The van der Waals surface area contributed by atoms with Crippen LogP contribution in [0.5, 0.6) is 0 Å². The highest BCUT2D eigenvalue weighted by molar-refractivity contribution is 5.95. The zero-order valence-electron chi connectivity index (χ0n) is 21.6. The smallest absolute Gasteiger partial charge is 0.254 e. The van der Waals surface area contributed by atoms with Gasteiger partial charge in [-0.15, -0.1) is 0 Å². The zero-order chi connectivity index (χ0) is 26.2. The molecular weight excluding hydrogens is 468 g/mol. The van der Waals surface area contributed by atoms with Crippen molar-refractivity contribution in [1.29, 1.82) is 0 Å². The summed E-state index contributed by atoms with van der Waals surface area (Å²) < 4.78 is 27.9. The van der Waals surface area contributed by atoms with E-state index >= 15 is 0 Å². The molecule has 1 amide bonds. The lowest BCUT2D eigenvalue weighted by Gasteiger charge is -2.43. The van der Waals surface area contributed by atoms with E-state index in [0.29, 0.717) is 18.5 Å². The van der Waals surface area contributed by atoms with Crippen molar-refractivity contribution in [2.45, 2.75) is 44.2 Å². The molecule has 3 aromatic carbocycles. The number of aromatic amines is 1. The molecule has 0 radical (unpaired) electrons. The Morgan fingerprint density at radius 3 is 2.49 bits per heavy atom. The summed E-state index contributed by atoms with van der Waals surface area (Å²) in [4.78, 5) is 21.4. The number of carbonyl (C=O) groups is 1. The molecule has 1 aromatic heterocycles. The minimum Gasteiger partial charge on any atom is -0.356 e. The molecule has 192 valence electrons. The van der Waals surface area contributed by atoms with Crippen molar-refractivity contribution in [3.63, 3.8) is 0 Å². The van der Waals surface area contributed by atoms with Crippen LogP contribution in [-0.2, 0) is 12.0 Å². The van der Waals surface area contributed by atoms with Gasteiger partial charge in [0.05, 0.1) is 6.04 Å². The summed E-state index contributed by atoms with van der Waals surface area (Å²) in [5.74, 6) is -0.716. The van der Waals surface area contributed by atoms with E-state index in [-0.39, 0.29) is 23.6 Å². The molecule has 2 atom stereocenters. The Bertz CT molecular complexity index is 1410. The van der Waals surface area contributed by atoms with Crippen molar-refractivity contribution in [3.8, 4) is 0 Å². The normalized spacial score (nSPS) is 17.1. The van der Waals surface area contributed by atoms with Crippen LogP contribution in [0.4, 0.5) is 8.78 Å². The van der Waals surface area contributed by atoms with Crippen LogP contribution < -0.4 is 0 Å². The number of carbonyl (C=O) groups excluding carboxylic acids is 1. The summed E-state index contributed by atoms with van der Waals surface area (Å²) in [6.07, 6.45) is 2.96. The highest BCUT2D eigenvalue weighted by Crippen LogP contribution is 2.42. The average Bonchev–Trinajstić information content (AvgIpc) is 3.28. The number of rotatable bonds is 7. The van der Waals surface area contributed by atoms with Crippen molar-refractivity contribution in [2.75, 3.05) is 20.6 Å². The number of H-pyrrole nitrogens is 1. The zero-order valence-corrected chi connectivity index (χ0v) is 21.6. The largest absolute Gasteiger partial charge is 0.356 e. The Kier molecular flexibility index (Phi) is 6.86. The second-order valence-corrected chi connectivity index (χ2v) is 10.2. The van der Waals surface area contributed by atoms with Gasteiger partial charge in [0.25, 0.3) is 5.91 Å². The van der Waals surface area contributed by atoms with E-state index in [1.807, 2.05) is 37.2 Å². The van der Waals surface area contributed by atoms with E-state index < -0.39 is 5.54 Å². The van der Waals surface area contributed by atoms with Crippen LogP contribution in [0.15, 0.2) is 72.8 Å². The number of nitrogens with zero attached hydrogens (tertiary/aromatic N) is 2. The quantitative estimate of drug-likeness (QED) is 0.301. The molecule has 2 unspecified atom stereocenters. The Morgan fingerprint density at radius 1 is 1.03 bits per heavy atom. The van der Waals surface area contributed by atoms with Crippen LogP contribution in [-0.4, -0.2) is 41.3 Å². The van der Waals surface area contributed by atoms with Crippen LogP contribution in [0.2, 0.25) is 0 Å². The van der Waals surface area contributed by atoms with Crippen LogP contribution in [0, 0.1) is 11.6 Å². The van der Waals surface area contributed by atoms with Crippen molar-refractivity contribution in [1.82, 2.24) is 14.8 Å². The second kappa shape index (κ2) is 10.1. The molecule has 37 heavy (non-hydrogen) atoms. The summed E-state index contributed by atoms with van der Waals surface area (Å²) in [6.45, 7) is 2.71. The van der Waals surface area contributed by atoms with Crippen LogP contribution in [0.1, 0.15) is 59.4 Å². The second-order valence-electron chi connectivity index (χ2n) is 10.2. The summed E-state index contributed by atoms with van der Waals surface area (Å²) >= 11 is 0. The first-order chi connectivity index (χ1) is 17.8. The van der Waals surface area contributed by atoms with Gasteiger partial charge < -0.3 is 9.88 Å². The lowest BCUT2D eigenvalue weighted by Crippen LogP contribution is -2.44. The van der Waals surface area contributed by atoms with Crippen molar-refractivity contribution < 1.29 is 13.6 Å². The predicted molar refractivity (Wildman–Crippen MR) is 143 cm³/mol. The highest BCUT2D eigenvalue weighted by Gasteiger charge is 2.38. The van der Waals surface area contributed by atoms with Gasteiger partial charge in [0, 0.05) is 34.2 Å². The minimum atomic E-state index is -0.393. The number of amides is 1. The van der Waals surface area contributed by atoms with Crippen molar-refractivity contribution in [2.24, 2.45) is 0 Å². The number of benzene rings is 3. The standard InChI is InChI=1S/C31H33F2N3O/c1-4-31(35(2)3,22-8-7-9-24(33)20-22)18-16-28-29-26(25-10-5-6-11-27(25)34-29)17-19-36(28)30(37)21-12-14-23(32)15-13-21/h5-15,20,28,34H,4,16-19H2,1-3H3. The molecule has 4 aromatic rings. The van der Waals surface area contributed by atoms with Crippen LogP contribution >= 0.6 is 0 Å². The van der Waals surface area contributed by atoms with Gasteiger partial charge in [-0.3, -0.25) is 9.69 Å². The van der Waals surface area contributed by atoms with E-state index in [1.165, 1.54) is 29.1 Å². The van der Waals surface area contributed by atoms with Crippen LogP contribution in [0.3, 0.4) is 0 Å². The van der Waals surface area contributed by atoms with Gasteiger partial charge in [-0.1, -0.05) is 37.3 Å². The number of fused-ring (bicyclic) bond motifs is 3. The van der Waals surface area contributed by atoms with Gasteiger partial charge in [-0.05, 0) is 93.4 Å². The van der Waals surface area contributed by atoms with Gasteiger partial charge >= 0.3 is 0 Å². The Hall–Kier alpha value is -3.51. The van der Waals surface area contributed by atoms with Gasteiger partial charge in [0.1, 0.15) is 11.6 Å². The van der Waals surface area contributed by atoms with E-state index in [9.17, 15) is 13.6 Å². The Balaban J connectivity index is 1.55. The summed E-state index contributed by atoms with van der Waals surface area (Å²) in [5, 5.41) is 1.19. The molecule has 1 aliphatic rings. The van der Waals surface area contributed by atoms with Gasteiger partial charge in [0.2, 0.25) is 0 Å². The number of halogens is 2. The number of aromatic nitrogens is 1. The molecular formula is C31H33F2N3O. The molecule has 4 nitrogen and oxygen atoms in total.